The maximum atomic E-state index is 14.5. The Morgan fingerprint density at radius 3 is 2.44 bits per heavy atom. The van der Waals surface area contributed by atoms with Gasteiger partial charge in [0.1, 0.15) is 23.1 Å². The third kappa shape index (κ3) is 5.52. The Kier molecular flexibility index (Phi) is 7.53. The van der Waals surface area contributed by atoms with Crippen LogP contribution in [0, 0.1) is 12.7 Å². The van der Waals surface area contributed by atoms with E-state index in [1.807, 2.05) is 62.6 Å². The number of carbonyl (C=O) groups is 2. The van der Waals surface area contributed by atoms with Gasteiger partial charge in [0.05, 0.1) is 22.5 Å². The van der Waals surface area contributed by atoms with Gasteiger partial charge in [-0.15, -0.1) is 0 Å². The Bertz CT molecular complexity index is 1480. The number of anilines is 3. The molecule has 5 rings (SSSR count). The number of hydrogen-bond donors (Lipinski definition) is 0. The van der Waals surface area contributed by atoms with Crippen molar-refractivity contribution in [2.75, 3.05) is 36.0 Å². The van der Waals surface area contributed by atoms with Crippen LogP contribution in [0.1, 0.15) is 68.3 Å². The molecule has 0 N–H and O–H groups in total. The molecule has 0 atom stereocenters. The molecule has 1 saturated heterocycles. The standard InChI is InChI=1S/C31H36ClFN6O2/c1-7-22(40)13-20-8-9-25(34-15-20)37-10-11-39(31(5,6)18-37)29(41)24-16-35-28-27(36-24)30(3,4)17-38(28)21-12-19(2)26(32)23(33)14-21/h8-9,12,14-16H,7,10-11,13,17-18H2,1-6H3. The van der Waals surface area contributed by atoms with Crippen molar-refractivity contribution in [1.29, 1.82) is 0 Å². The van der Waals surface area contributed by atoms with E-state index >= 15 is 0 Å². The number of halogens is 2. The van der Waals surface area contributed by atoms with E-state index in [4.69, 9.17) is 16.6 Å². The van der Waals surface area contributed by atoms with E-state index in [0.717, 1.165) is 11.4 Å². The van der Waals surface area contributed by atoms with Crippen LogP contribution in [0.4, 0.5) is 21.7 Å². The summed E-state index contributed by atoms with van der Waals surface area (Å²) in [5, 5.41) is 0.110. The Hall–Kier alpha value is -3.59. The summed E-state index contributed by atoms with van der Waals surface area (Å²) in [5.74, 6) is 0.978. The van der Waals surface area contributed by atoms with Crippen molar-refractivity contribution in [1.82, 2.24) is 19.9 Å². The van der Waals surface area contributed by atoms with E-state index in [1.165, 1.54) is 12.3 Å². The third-order valence-electron chi connectivity index (χ3n) is 8.00. The highest BCUT2D eigenvalue weighted by Crippen LogP contribution is 2.43. The normalized spacial score (nSPS) is 17.5. The molecule has 4 heterocycles. The van der Waals surface area contributed by atoms with E-state index in [0.29, 0.717) is 67.5 Å². The Labute approximate surface area is 245 Å². The predicted molar refractivity (Wildman–Crippen MR) is 159 cm³/mol. The number of hydrogen-bond acceptors (Lipinski definition) is 7. The summed E-state index contributed by atoms with van der Waals surface area (Å²) in [6, 6.07) is 7.15. The van der Waals surface area contributed by atoms with Crippen molar-refractivity contribution in [2.45, 2.75) is 65.3 Å². The number of benzene rings is 1. The Morgan fingerprint density at radius 1 is 1.05 bits per heavy atom. The van der Waals surface area contributed by atoms with Crippen molar-refractivity contribution >= 4 is 40.6 Å². The lowest BCUT2D eigenvalue weighted by Crippen LogP contribution is -2.61. The fourth-order valence-electron chi connectivity index (χ4n) is 5.69. The Balaban J connectivity index is 1.35. The lowest BCUT2D eigenvalue weighted by Gasteiger charge is -2.47. The molecule has 10 heteroatoms. The summed E-state index contributed by atoms with van der Waals surface area (Å²) in [6.45, 7) is 14.1. The third-order valence-corrected chi connectivity index (χ3v) is 8.48. The molecule has 0 aliphatic carbocycles. The zero-order valence-electron chi connectivity index (χ0n) is 24.5. The average molecular weight is 579 g/mol. The number of nitrogens with zero attached hydrogens (tertiary/aromatic N) is 6. The van der Waals surface area contributed by atoms with Gasteiger partial charge in [0.2, 0.25) is 0 Å². The molecule has 2 aliphatic heterocycles. The van der Waals surface area contributed by atoms with Crippen LogP contribution in [0.2, 0.25) is 5.02 Å². The minimum Gasteiger partial charge on any atom is -0.353 e. The van der Waals surface area contributed by atoms with Gasteiger partial charge in [-0.25, -0.2) is 19.3 Å². The molecule has 2 aromatic heterocycles. The Morgan fingerprint density at radius 2 is 1.80 bits per heavy atom. The molecule has 1 aromatic carbocycles. The summed E-state index contributed by atoms with van der Waals surface area (Å²) in [6.07, 6.45) is 4.19. The topological polar surface area (TPSA) is 82.5 Å². The number of pyridine rings is 1. The van der Waals surface area contributed by atoms with Gasteiger partial charge >= 0.3 is 0 Å². The maximum absolute atomic E-state index is 14.5. The van der Waals surface area contributed by atoms with Crippen LogP contribution < -0.4 is 9.80 Å². The van der Waals surface area contributed by atoms with Crippen molar-refractivity contribution in [3.8, 4) is 0 Å². The molecule has 0 unspecified atom stereocenters. The molecule has 2 aliphatic rings. The van der Waals surface area contributed by atoms with E-state index in [9.17, 15) is 14.0 Å². The number of carbonyl (C=O) groups excluding carboxylic acids is 2. The van der Waals surface area contributed by atoms with E-state index in [2.05, 4.69) is 14.9 Å². The number of amides is 1. The van der Waals surface area contributed by atoms with Crippen molar-refractivity contribution in [2.24, 2.45) is 0 Å². The SMILES string of the molecule is CCC(=O)Cc1ccc(N2CCN(C(=O)c3cnc4c(n3)C(C)(C)CN4c3cc(C)c(Cl)c(F)c3)C(C)(C)C2)nc1. The second-order valence-electron chi connectivity index (χ2n) is 12.2. The highest BCUT2D eigenvalue weighted by Gasteiger charge is 2.42. The zero-order valence-corrected chi connectivity index (χ0v) is 25.2. The zero-order chi connectivity index (χ0) is 29.7. The van der Waals surface area contributed by atoms with Crippen molar-refractivity contribution in [3.05, 3.63) is 70.0 Å². The van der Waals surface area contributed by atoms with Crippen LogP contribution in [-0.4, -0.2) is 63.3 Å². The van der Waals surface area contributed by atoms with Crippen LogP contribution in [0.5, 0.6) is 0 Å². The molecule has 0 saturated carbocycles. The summed E-state index contributed by atoms with van der Waals surface area (Å²) in [5.41, 5.74) is 2.31. The summed E-state index contributed by atoms with van der Waals surface area (Å²) in [4.78, 5) is 45.6. The van der Waals surface area contributed by atoms with Crippen molar-refractivity contribution < 1.29 is 14.0 Å². The monoisotopic (exact) mass is 578 g/mol. The molecule has 216 valence electrons. The number of piperazine rings is 1. The van der Waals surface area contributed by atoms with Gasteiger partial charge < -0.3 is 14.7 Å². The van der Waals surface area contributed by atoms with Gasteiger partial charge in [-0.1, -0.05) is 38.4 Å². The molecule has 41 heavy (non-hydrogen) atoms. The predicted octanol–water partition coefficient (Wildman–Crippen LogP) is 5.66. The van der Waals surface area contributed by atoms with E-state index < -0.39 is 16.8 Å². The minimum absolute atomic E-state index is 0.110. The fourth-order valence-corrected chi connectivity index (χ4v) is 5.80. The summed E-state index contributed by atoms with van der Waals surface area (Å²) in [7, 11) is 0. The lowest BCUT2D eigenvalue weighted by molar-refractivity contribution is -0.118. The van der Waals surface area contributed by atoms with Gasteiger partial charge in [0.15, 0.2) is 5.82 Å². The number of aryl methyl sites for hydroxylation is 1. The molecule has 0 radical (unpaired) electrons. The summed E-state index contributed by atoms with van der Waals surface area (Å²) < 4.78 is 14.5. The lowest BCUT2D eigenvalue weighted by atomic mass is 9.92. The smallest absolute Gasteiger partial charge is 0.274 e. The first kappa shape index (κ1) is 28.9. The van der Waals surface area contributed by atoms with Gasteiger partial charge in [-0.3, -0.25) is 9.59 Å². The van der Waals surface area contributed by atoms with Crippen LogP contribution >= 0.6 is 11.6 Å². The molecular formula is C31H36ClFN6O2. The number of Topliss-reactive ketones (excluding diaryl/α,β-unsaturated/α-hetero) is 1. The van der Waals surface area contributed by atoms with Gasteiger partial charge in [0, 0.05) is 56.3 Å². The van der Waals surface area contributed by atoms with Crippen LogP contribution in [0.3, 0.4) is 0 Å². The molecule has 0 bridgehead atoms. The average Bonchev–Trinajstić information content (AvgIpc) is 3.20. The molecule has 8 nitrogen and oxygen atoms in total. The molecule has 0 spiro atoms. The first-order chi connectivity index (χ1) is 19.3. The van der Waals surface area contributed by atoms with E-state index in [-0.39, 0.29) is 16.7 Å². The van der Waals surface area contributed by atoms with Crippen LogP contribution in [-0.2, 0) is 16.6 Å². The summed E-state index contributed by atoms with van der Waals surface area (Å²) >= 11 is 6.06. The second kappa shape index (κ2) is 10.7. The number of fused-ring (bicyclic) bond motifs is 1. The maximum Gasteiger partial charge on any atom is 0.274 e. The van der Waals surface area contributed by atoms with Crippen LogP contribution in [0.25, 0.3) is 0 Å². The first-order valence-electron chi connectivity index (χ1n) is 13.9. The van der Waals surface area contributed by atoms with Gasteiger partial charge in [0.25, 0.3) is 5.91 Å². The van der Waals surface area contributed by atoms with Gasteiger partial charge in [-0.05, 0) is 50.1 Å². The molecule has 1 fully saturated rings. The molecular weight excluding hydrogens is 543 g/mol. The van der Waals surface area contributed by atoms with Crippen LogP contribution in [0.15, 0.2) is 36.7 Å². The largest absolute Gasteiger partial charge is 0.353 e. The number of rotatable bonds is 6. The quantitative estimate of drug-likeness (QED) is 0.373. The molecule has 3 aromatic rings. The van der Waals surface area contributed by atoms with Gasteiger partial charge in [-0.2, -0.15) is 0 Å². The van der Waals surface area contributed by atoms with Crippen molar-refractivity contribution in [3.63, 3.8) is 0 Å². The minimum atomic E-state index is -0.492. The number of aromatic nitrogens is 3. The number of ketones is 1. The highest BCUT2D eigenvalue weighted by molar-refractivity contribution is 6.31. The first-order valence-corrected chi connectivity index (χ1v) is 14.3. The molecule has 1 amide bonds. The fraction of sp³-hybridized carbons (Fsp3) is 0.452. The van der Waals surface area contributed by atoms with E-state index in [1.54, 1.807) is 13.1 Å². The second-order valence-corrected chi connectivity index (χ2v) is 12.6. The highest BCUT2D eigenvalue weighted by atomic mass is 35.5.